The van der Waals surface area contributed by atoms with Crippen molar-refractivity contribution in [2.24, 2.45) is 11.3 Å². The number of hydrogen-bond acceptors (Lipinski definition) is 1. The summed E-state index contributed by atoms with van der Waals surface area (Å²) in [4.78, 5) is 0. The maximum Gasteiger partial charge on any atom is 0.0639 e. The summed E-state index contributed by atoms with van der Waals surface area (Å²) in [5.41, 5.74) is 0.604. The first-order valence-electron chi connectivity index (χ1n) is 5.56. The van der Waals surface area contributed by atoms with Gasteiger partial charge in [0.1, 0.15) is 0 Å². The quantitative estimate of drug-likeness (QED) is 0.645. The number of hydrogen-bond donors (Lipinski definition) is 0. The van der Waals surface area contributed by atoms with Crippen molar-refractivity contribution < 1.29 is 4.74 Å². The maximum absolute atomic E-state index is 6.02. The van der Waals surface area contributed by atoms with Crippen LogP contribution in [0.4, 0.5) is 0 Å². The van der Waals surface area contributed by atoms with Crippen LogP contribution in [0, 0.1) is 11.3 Å². The molecule has 0 radical (unpaired) electrons. The highest BCUT2D eigenvalue weighted by Gasteiger charge is 2.57. The summed E-state index contributed by atoms with van der Waals surface area (Å²) in [6.07, 6.45) is 9.60. The van der Waals surface area contributed by atoms with E-state index in [-0.39, 0.29) is 0 Å². The van der Waals surface area contributed by atoms with Crippen molar-refractivity contribution in [3.05, 3.63) is 0 Å². The second kappa shape index (κ2) is 2.96. The fourth-order valence-electron chi connectivity index (χ4n) is 3.93. The standard InChI is InChI=1S/C11H17BrO/c12-7-8-2-1-5-11(8)6-9-3-4-10(11)13-9/h8-10H,1-7H2. The molecule has 4 atom stereocenters. The molecule has 4 unspecified atom stereocenters. The van der Waals surface area contributed by atoms with Crippen LogP contribution >= 0.6 is 15.9 Å². The zero-order valence-electron chi connectivity index (χ0n) is 7.97. The predicted octanol–water partition coefficient (Wildman–Crippen LogP) is 3.12. The Labute approximate surface area is 88.4 Å². The Morgan fingerprint density at radius 1 is 1.31 bits per heavy atom. The molecule has 0 aromatic carbocycles. The van der Waals surface area contributed by atoms with Crippen molar-refractivity contribution >= 4 is 15.9 Å². The smallest absolute Gasteiger partial charge is 0.0639 e. The fraction of sp³-hybridized carbons (Fsp3) is 1.00. The van der Waals surface area contributed by atoms with Gasteiger partial charge in [0.25, 0.3) is 0 Å². The molecule has 1 spiro atoms. The molecule has 0 aromatic rings. The third-order valence-corrected chi connectivity index (χ3v) is 5.33. The average molecular weight is 245 g/mol. The molecule has 3 rings (SSSR count). The molecule has 3 fully saturated rings. The number of ether oxygens (including phenoxy) is 1. The molecule has 2 heteroatoms. The van der Waals surface area contributed by atoms with E-state index >= 15 is 0 Å². The highest BCUT2D eigenvalue weighted by atomic mass is 79.9. The van der Waals surface area contributed by atoms with E-state index in [9.17, 15) is 0 Å². The lowest BCUT2D eigenvalue weighted by molar-refractivity contribution is 0.0462. The first-order chi connectivity index (χ1) is 6.35. The van der Waals surface area contributed by atoms with Gasteiger partial charge in [-0.05, 0) is 38.0 Å². The molecule has 2 heterocycles. The van der Waals surface area contributed by atoms with Crippen molar-refractivity contribution in [3.63, 3.8) is 0 Å². The molecule has 3 aliphatic rings. The van der Waals surface area contributed by atoms with Gasteiger partial charge < -0.3 is 4.74 Å². The molecule has 2 saturated heterocycles. The zero-order valence-corrected chi connectivity index (χ0v) is 9.55. The molecular formula is C11H17BrO. The highest BCUT2D eigenvalue weighted by Crippen LogP contribution is 2.59. The third-order valence-electron chi connectivity index (χ3n) is 4.55. The largest absolute Gasteiger partial charge is 0.374 e. The van der Waals surface area contributed by atoms with Gasteiger partial charge in [-0.3, -0.25) is 0 Å². The van der Waals surface area contributed by atoms with Crippen molar-refractivity contribution in [2.45, 2.75) is 50.7 Å². The van der Waals surface area contributed by atoms with Crippen LogP contribution in [0.1, 0.15) is 38.5 Å². The lowest BCUT2D eigenvalue weighted by atomic mass is 9.68. The Bertz CT molecular complexity index is 212. The first-order valence-corrected chi connectivity index (χ1v) is 6.69. The normalized spacial score (nSPS) is 53.8. The molecule has 1 aliphatic carbocycles. The molecule has 13 heavy (non-hydrogen) atoms. The second-order valence-corrected chi connectivity index (χ2v) is 5.65. The summed E-state index contributed by atoms with van der Waals surface area (Å²) in [5.74, 6) is 0.905. The minimum Gasteiger partial charge on any atom is -0.374 e. The van der Waals surface area contributed by atoms with Crippen LogP contribution in [0.3, 0.4) is 0 Å². The summed E-state index contributed by atoms with van der Waals surface area (Å²) in [5, 5.41) is 1.19. The van der Waals surface area contributed by atoms with Gasteiger partial charge in [-0.25, -0.2) is 0 Å². The van der Waals surface area contributed by atoms with E-state index in [2.05, 4.69) is 15.9 Å². The van der Waals surface area contributed by atoms with Crippen LogP contribution in [0.25, 0.3) is 0 Å². The van der Waals surface area contributed by atoms with Gasteiger partial charge in [0.15, 0.2) is 0 Å². The molecule has 1 saturated carbocycles. The van der Waals surface area contributed by atoms with Crippen molar-refractivity contribution in [1.29, 1.82) is 0 Å². The van der Waals surface area contributed by atoms with Crippen LogP contribution in [0.5, 0.6) is 0 Å². The monoisotopic (exact) mass is 244 g/mol. The van der Waals surface area contributed by atoms with E-state index in [0.717, 1.165) is 5.92 Å². The van der Waals surface area contributed by atoms with Gasteiger partial charge in [-0.1, -0.05) is 22.4 Å². The number of alkyl halides is 1. The van der Waals surface area contributed by atoms with Crippen LogP contribution in [-0.4, -0.2) is 17.5 Å². The number of halogens is 1. The minimum absolute atomic E-state index is 0.604. The number of rotatable bonds is 1. The van der Waals surface area contributed by atoms with E-state index in [1.807, 2.05) is 0 Å². The molecular weight excluding hydrogens is 228 g/mol. The average Bonchev–Trinajstić information content (AvgIpc) is 2.80. The minimum atomic E-state index is 0.604. The third kappa shape index (κ3) is 1.08. The zero-order chi connectivity index (χ0) is 8.89. The molecule has 2 aliphatic heterocycles. The lowest BCUT2D eigenvalue weighted by Crippen LogP contribution is -2.36. The second-order valence-electron chi connectivity index (χ2n) is 5.00. The lowest BCUT2D eigenvalue weighted by Gasteiger charge is -2.36. The van der Waals surface area contributed by atoms with E-state index in [1.165, 1.54) is 43.9 Å². The molecule has 74 valence electrons. The van der Waals surface area contributed by atoms with Gasteiger partial charge in [0.05, 0.1) is 12.2 Å². The summed E-state index contributed by atoms with van der Waals surface area (Å²) in [6, 6.07) is 0. The van der Waals surface area contributed by atoms with E-state index in [1.54, 1.807) is 0 Å². The predicted molar refractivity (Wildman–Crippen MR) is 56.1 cm³/mol. The highest BCUT2D eigenvalue weighted by molar-refractivity contribution is 9.09. The van der Waals surface area contributed by atoms with Gasteiger partial charge in [-0.2, -0.15) is 0 Å². The van der Waals surface area contributed by atoms with E-state index in [0.29, 0.717) is 17.6 Å². The Morgan fingerprint density at radius 3 is 2.85 bits per heavy atom. The van der Waals surface area contributed by atoms with Crippen LogP contribution in [-0.2, 0) is 4.74 Å². The Morgan fingerprint density at radius 2 is 2.23 bits per heavy atom. The van der Waals surface area contributed by atoms with Crippen molar-refractivity contribution in [3.8, 4) is 0 Å². The molecule has 0 amide bonds. The molecule has 0 aromatic heterocycles. The van der Waals surface area contributed by atoms with Gasteiger partial charge in [0, 0.05) is 10.7 Å². The summed E-state index contributed by atoms with van der Waals surface area (Å²) in [6.45, 7) is 0. The maximum atomic E-state index is 6.02. The Balaban J connectivity index is 1.88. The summed E-state index contributed by atoms with van der Waals surface area (Å²) >= 11 is 3.68. The van der Waals surface area contributed by atoms with Gasteiger partial charge in [-0.15, -0.1) is 0 Å². The molecule has 2 bridgehead atoms. The van der Waals surface area contributed by atoms with Crippen molar-refractivity contribution in [2.75, 3.05) is 5.33 Å². The van der Waals surface area contributed by atoms with Gasteiger partial charge in [0.2, 0.25) is 0 Å². The van der Waals surface area contributed by atoms with Crippen LogP contribution in [0.15, 0.2) is 0 Å². The van der Waals surface area contributed by atoms with Crippen LogP contribution < -0.4 is 0 Å². The van der Waals surface area contributed by atoms with Gasteiger partial charge >= 0.3 is 0 Å². The van der Waals surface area contributed by atoms with Crippen molar-refractivity contribution in [1.82, 2.24) is 0 Å². The van der Waals surface area contributed by atoms with E-state index in [4.69, 9.17) is 4.74 Å². The molecule has 0 N–H and O–H groups in total. The topological polar surface area (TPSA) is 9.23 Å². The Hall–Kier alpha value is 0.440. The van der Waals surface area contributed by atoms with Crippen LogP contribution in [0.2, 0.25) is 0 Å². The Kier molecular flexibility index (Phi) is 1.99. The first kappa shape index (κ1) is 8.72. The SMILES string of the molecule is BrCC1CCCC12CC1CCC2O1. The van der Waals surface area contributed by atoms with E-state index < -0.39 is 0 Å². The summed E-state index contributed by atoms with van der Waals surface area (Å²) < 4.78 is 6.02. The number of fused-ring (bicyclic) bond motifs is 3. The fourth-order valence-corrected chi connectivity index (χ4v) is 4.90. The molecule has 1 nitrogen and oxygen atoms in total. The summed E-state index contributed by atoms with van der Waals surface area (Å²) in [7, 11) is 0.